The lowest BCUT2D eigenvalue weighted by atomic mass is 9.46. The van der Waals surface area contributed by atoms with Crippen molar-refractivity contribution in [1.29, 1.82) is 10.5 Å². The average molecular weight is 242 g/mol. The predicted molar refractivity (Wildman–Crippen MR) is 69.1 cm³/mol. The molecule has 0 aliphatic heterocycles. The Morgan fingerprint density at radius 3 is 1.83 bits per heavy atom. The summed E-state index contributed by atoms with van der Waals surface area (Å²) in [7, 11) is 0. The van der Waals surface area contributed by atoms with E-state index in [4.69, 9.17) is 10.5 Å². The van der Waals surface area contributed by atoms with Gasteiger partial charge in [0.15, 0.2) is 0 Å². The van der Waals surface area contributed by atoms with E-state index in [1.807, 2.05) is 0 Å². The molecule has 0 radical (unpaired) electrons. The van der Waals surface area contributed by atoms with Gasteiger partial charge in [0.2, 0.25) is 0 Å². The Balaban J connectivity index is 1.75. The van der Waals surface area contributed by atoms with Crippen LogP contribution >= 0.6 is 0 Å². The minimum absolute atomic E-state index is 0.395. The van der Waals surface area contributed by atoms with Crippen LogP contribution in [0.2, 0.25) is 0 Å². The Morgan fingerprint density at radius 1 is 1.00 bits per heavy atom. The first-order valence-corrected chi connectivity index (χ1v) is 7.44. The van der Waals surface area contributed by atoms with Crippen LogP contribution < -0.4 is 0 Å². The number of hydrogen-bond donors (Lipinski definition) is 0. The molecule has 0 amide bonds. The van der Waals surface area contributed by atoms with Crippen molar-refractivity contribution in [2.24, 2.45) is 35.0 Å². The maximum Gasteiger partial charge on any atom is 0.133 e. The monoisotopic (exact) mass is 242 g/mol. The van der Waals surface area contributed by atoms with E-state index in [0.29, 0.717) is 11.3 Å². The van der Waals surface area contributed by atoms with Gasteiger partial charge in [0.25, 0.3) is 0 Å². The first-order chi connectivity index (χ1) is 8.65. The van der Waals surface area contributed by atoms with Crippen LogP contribution in [0.15, 0.2) is 0 Å². The lowest BCUT2D eigenvalue weighted by molar-refractivity contribution is -0.0856. The molecule has 0 saturated heterocycles. The van der Waals surface area contributed by atoms with Gasteiger partial charge in [-0.25, -0.2) is 0 Å². The maximum atomic E-state index is 8.98. The van der Waals surface area contributed by atoms with Crippen LogP contribution in [0.4, 0.5) is 0 Å². The highest BCUT2D eigenvalue weighted by Gasteiger charge is 2.53. The molecule has 4 saturated carbocycles. The second-order valence-corrected chi connectivity index (χ2v) is 7.23. The fourth-order valence-electron chi connectivity index (χ4n) is 5.52. The highest BCUT2D eigenvalue weighted by molar-refractivity contribution is 5.06. The molecule has 0 aromatic carbocycles. The van der Waals surface area contributed by atoms with Gasteiger partial charge in [-0.05, 0) is 74.0 Å². The molecule has 96 valence electrons. The normalized spacial score (nSPS) is 42.6. The number of nitrogens with zero attached hydrogens (tertiary/aromatic N) is 2. The van der Waals surface area contributed by atoms with Crippen molar-refractivity contribution >= 4 is 0 Å². The van der Waals surface area contributed by atoms with Crippen molar-refractivity contribution in [2.75, 3.05) is 0 Å². The Hall–Kier alpha value is -1.02. The van der Waals surface area contributed by atoms with Crippen LogP contribution in [0.25, 0.3) is 0 Å². The van der Waals surface area contributed by atoms with E-state index < -0.39 is 5.92 Å². The van der Waals surface area contributed by atoms with Crippen molar-refractivity contribution in [2.45, 2.75) is 51.9 Å². The Morgan fingerprint density at radius 2 is 1.44 bits per heavy atom. The topological polar surface area (TPSA) is 47.6 Å². The van der Waals surface area contributed by atoms with Crippen molar-refractivity contribution < 1.29 is 0 Å². The zero-order chi connectivity index (χ0) is 12.8. The molecule has 1 atom stereocenters. The summed E-state index contributed by atoms with van der Waals surface area (Å²) >= 11 is 0. The van der Waals surface area contributed by atoms with E-state index in [-0.39, 0.29) is 0 Å². The fourth-order valence-corrected chi connectivity index (χ4v) is 5.52. The third-order valence-corrected chi connectivity index (χ3v) is 6.03. The van der Waals surface area contributed by atoms with Crippen LogP contribution in [0.1, 0.15) is 51.9 Å². The Bertz CT molecular complexity index is 363. The van der Waals surface area contributed by atoms with Crippen molar-refractivity contribution in [3.63, 3.8) is 0 Å². The van der Waals surface area contributed by atoms with Gasteiger partial charge in [0.1, 0.15) is 5.92 Å². The molecule has 4 aliphatic rings. The molecule has 0 heterocycles. The third-order valence-electron chi connectivity index (χ3n) is 6.03. The summed E-state index contributed by atoms with van der Waals surface area (Å²) in [6, 6.07) is 4.31. The molecule has 0 spiro atoms. The van der Waals surface area contributed by atoms with E-state index in [1.165, 1.54) is 38.5 Å². The van der Waals surface area contributed by atoms with Gasteiger partial charge in [0.05, 0.1) is 12.1 Å². The summed E-state index contributed by atoms with van der Waals surface area (Å²) in [5.74, 6) is 3.03. The van der Waals surface area contributed by atoms with Gasteiger partial charge >= 0.3 is 0 Å². The van der Waals surface area contributed by atoms with Crippen LogP contribution in [0, 0.1) is 57.7 Å². The van der Waals surface area contributed by atoms with Crippen LogP contribution in [-0.2, 0) is 0 Å². The van der Waals surface area contributed by atoms with E-state index in [0.717, 1.165) is 24.2 Å². The average Bonchev–Trinajstić information content (AvgIpc) is 2.34. The van der Waals surface area contributed by atoms with Gasteiger partial charge in [-0.2, -0.15) is 10.5 Å². The molecular formula is C16H22N2. The molecule has 2 heteroatoms. The van der Waals surface area contributed by atoms with Gasteiger partial charge in [-0.3, -0.25) is 0 Å². The highest BCUT2D eigenvalue weighted by Crippen LogP contribution is 2.63. The van der Waals surface area contributed by atoms with Crippen LogP contribution in [0.3, 0.4) is 0 Å². The molecule has 0 N–H and O–H groups in total. The smallest absolute Gasteiger partial charge is 0.133 e. The second-order valence-electron chi connectivity index (χ2n) is 7.23. The molecule has 4 aliphatic carbocycles. The van der Waals surface area contributed by atoms with Crippen molar-refractivity contribution in [1.82, 2.24) is 0 Å². The second kappa shape index (κ2) is 4.27. The summed E-state index contributed by atoms with van der Waals surface area (Å²) in [4.78, 5) is 0. The number of nitriles is 2. The predicted octanol–water partition coefficient (Wildman–Crippen LogP) is 3.89. The lowest BCUT2D eigenvalue weighted by Crippen LogP contribution is -2.49. The molecule has 4 bridgehead atoms. The summed E-state index contributed by atoms with van der Waals surface area (Å²) in [6.45, 7) is 2.30. The molecular weight excluding hydrogens is 220 g/mol. The van der Waals surface area contributed by atoms with Gasteiger partial charge in [-0.15, -0.1) is 0 Å². The summed E-state index contributed by atoms with van der Waals surface area (Å²) in [5, 5.41) is 18.0. The van der Waals surface area contributed by atoms with Crippen molar-refractivity contribution in [3.05, 3.63) is 0 Å². The largest absolute Gasteiger partial charge is 0.197 e. The molecule has 4 fully saturated rings. The summed E-state index contributed by atoms with van der Waals surface area (Å²) in [5.41, 5.74) is 0.487. The van der Waals surface area contributed by atoms with E-state index >= 15 is 0 Å². The molecule has 1 unspecified atom stereocenters. The quantitative estimate of drug-likeness (QED) is 0.753. The molecule has 2 nitrogen and oxygen atoms in total. The van der Waals surface area contributed by atoms with Crippen molar-refractivity contribution in [3.8, 4) is 12.1 Å². The minimum atomic E-state index is -0.395. The van der Waals surface area contributed by atoms with Crippen LogP contribution in [-0.4, -0.2) is 0 Å². The zero-order valence-electron chi connectivity index (χ0n) is 11.2. The highest BCUT2D eigenvalue weighted by atomic mass is 14.6. The van der Waals surface area contributed by atoms with E-state index in [1.54, 1.807) is 0 Å². The Labute approximate surface area is 110 Å². The third kappa shape index (κ3) is 1.83. The maximum absolute atomic E-state index is 8.98. The first-order valence-electron chi connectivity index (χ1n) is 7.44. The Kier molecular flexibility index (Phi) is 2.86. The van der Waals surface area contributed by atoms with E-state index in [9.17, 15) is 0 Å². The van der Waals surface area contributed by atoms with Gasteiger partial charge in [-0.1, -0.05) is 6.92 Å². The number of hydrogen-bond acceptors (Lipinski definition) is 2. The van der Waals surface area contributed by atoms with Crippen LogP contribution in [0.5, 0.6) is 0 Å². The minimum Gasteiger partial charge on any atom is -0.197 e. The lowest BCUT2D eigenvalue weighted by Gasteiger charge is -2.59. The van der Waals surface area contributed by atoms with Gasteiger partial charge < -0.3 is 0 Å². The SMILES string of the molecule is CC(CC(C#N)C#N)C12CC3CC(CC(C3)C1)C2. The van der Waals surface area contributed by atoms with E-state index in [2.05, 4.69) is 19.1 Å². The summed E-state index contributed by atoms with van der Waals surface area (Å²) < 4.78 is 0. The standard InChI is InChI=1S/C16H22N2/c1-11(2-15(9-17)10-18)16-6-12-3-13(7-16)5-14(4-12)8-16/h11-15H,2-8H2,1H3. The zero-order valence-corrected chi connectivity index (χ0v) is 11.2. The van der Waals surface area contributed by atoms with Gasteiger partial charge in [0, 0.05) is 0 Å². The fraction of sp³-hybridized carbons (Fsp3) is 0.875. The molecule has 18 heavy (non-hydrogen) atoms. The first kappa shape index (κ1) is 12.0. The molecule has 0 aromatic heterocycles. The number of rotatable bonds is 3. The summed E-state index contributed by atoms with van der Waals surface area (Å²) in [6.07, 6.45) is 9.32. The molecule has 0 aromatic rings. The molecule has 4 rings (SSSR count).